The van der Waals surface area contributed by atoms with Crippen molar-refractivity contribution >= 4 is 11.6 Å². The molecule has 0 atom stereocenters. The Balaban J connectivity index is 2.02. The number of aryl methyl sites for hydroxylation is 1. The minimum atomic E-state index is 0.227. The Bertz CT molecular complexity index is 456. The van der Waals surface area contributed by atoms with Gasteiger partial charge in [-0.1, -0.05) is 28.9 Å². The van der Waals surface area contributed by atoms with Crippen LogP contribution in [0.25, 0.3) is 0 Å². The van der Waals surface area contributed by atoms with E-state index in [9.17, 15) is 0 Å². The van der Waals surface area contributed by atoms with Crippen LogP contribution >= 0.6 is 11.6 Å². The molecule has 0 amide bonds. The zero-order chi connectivity index (χ0) is 10.7. The molecule has 0 aliphatic carbocycles. The van der Waals surface area contributed by atoms with Gasteiger partial charge >= 0.3 is 0 Å². The van der Waals surface area contributed by atoms with Gasteiger partial charge in [-0.05, 0) is 19.1 Å². The molecule has 0 spiro atoms. The van der Waals surface area contributed by atoms with Crippen LogP contribution in [-0.2, 0) is 6.61 Å². The van der Waals surface area contributed by atoms with Gasteiger partial charge in [0.05, 0.1) is 5.02 Å². The maximum atomic E-state index is 5.90. The van der Waals surface area contributed by atoms with Crippen LogP contribution < -0.4 is 4.74 Å². The second kappa shape index (κ2) is 4.31. The van der Waals surface area contributed by atoms with Gasteiger partial charge in [-0.15, -0.1) is 0 Å². The second-order valence-corrected chi connectivity index (χ2v) is 3.36. The maximum absolute atomic E-state index is 5.90. The third-order valence-corrected chi connectivity index (χ3v) is 2.07. The summed E-state index contributed by atoms with van der Waals surface area (Å²) in [7, 11) is 0. The number of halogens is 1. The van der Waals surface area contributed by atoms with E-state index >= 15 is 0 Å². The molecule has 5 heteroatoms. The number of para-hydroxylation sites is 1. The van der Waals surface area contributed by atoms with Crippen LogP contribution in [0.3, 0.4) is 0 Å². The van der Waals surface area contributed by atoms with Crippen molar-refractivity contribution in [3.63, 3.8) is 0 Å². The molecule has 1 aromatic carbocycles. The Morgan fingerprint density at radius 1 is 1.40 bits per heavy atom. The zero-order valence-electron chi connectivity index (χ0n) is 8.11. The summed E-state index contributed by atoms with van der Waals surface area (Å²) in [6.45, 7) is 1.98. The highest BCUT2D eigenvalue weighted by Gasteiger charge is 2.05. The van der Waals surface area contributed by atoms with E-state index in [-0.39, 0.29) is 6.61 Å². The molecule has 0 radical (unpaired) electrons. The van der Waals surface area contributed by atoms with Crippen molar-refractivity contribution in [1.29, 1.82) is 0 Å². The monoisotopic (exact) mass is 224 g/mol. The quantitative estimate of drug-likeness (QED) is 0.804. The van der Waals surface area contributed by atoms with Gasteiger partial charge in [0.2, 0.25) is 0 Å². The van der Waals surface area contributed by atoms with Crippen molar-refractivity contribution in [2.45, 2.75) is 13.5 Å². The maximum Gasteiger partial charge on any atom is 0.264 e. The normalized spacial score (nSPS) is 10.3. The highest BCUT2D eigenvalue weighted by molar-refractivity contribution is 6.32. The summed E-state index contributed by atoms with van der Waals surface area (Å²) in [4.78, 5) is 4.01. The molecule has 78 valence electrons. The highest BCUT2D eigenvalue weighted by atomic mass is 35.5. The van der Waals surface area contributed by atoms with Gasteiger partial charge in [-0.25, -0.2) is 0 Å². The first-order valence-corrected chi connectivity index (χ1v) is 4.80. The first-order valence-electron chi connectivity index (χ1n) is 4.42. The number of aromatic nitrogens is 2. The Morgan fingerprint density at radius 3 is 2.87 bits per heavy atom. The number of rotatable bonds is 3. The second-order valence-electron chi connectivity index (χ2n) is 2.95. The van der Waals surface area contributed by atoms with E-state index in [0.717, 1.165) is 0 Å². The summed E-state index contributed by atoms with van der Waals surface area (Å²) < 4.78 is 10.3. The Kier molecular flexibility index (Phi) is 2.87. The molecule has 0 aliphatic heterocycles. The third kappa shape index (κ3) is 2.47. The molecule has 0 unspecified atom stereocenters. The molecule has 0 N–H and O–H groups in total. The molecule has 4 nitrogen and oxygen atoms in total. The lowest BCUT2D eigenvalue weighted by molar-refractivity contribution is 0.242. The number of hydrogen-bond donors (Lipinski definition) is 0. The average molecular weight is 225 g/mol. The number of nitrogens with zero attached hydrogens (tertiary/aromatic N) is 2. The summed E-state index contributed by atoms with van der Waals surface area (Å²) >= 11 is 5.90. The van der Waals surface area contributed by atoms with Gasteiger partial charge in [0.25, 0.3) is 5.89 Å². The number of hydrogen-bond acceptors (Lipinski definition) is 4. The number of benzene rings is 1. The van der Waals surface area contributed by atoms with E-state index in [2.05, 4.69) is 10.1 Å². The van der Waals surface area contributed by atoms with Gasteiger partial charge < -0.3 is 9.26 Å². The molecular formula is C10H9ClN2O2. The van der Waals surface area contributed by atoms with Crippen molar-refractivity contribution in [1.82, 2.24) is 10.1 Å². The molecule has 0 saturated heterocycles. The van der Waals surface area contributed by atoms with Crippen molar-refractivity contribution in [2.75, 3.05) is 0 Å². The molecular weight excluding hydrogens is 216 g/mol. The molecule has 1 heterocycles. The van der Waals surface area contributed by atoms with Crippen molar-refractivity contribution in [3.05, 3.63) is 41.0 Å². The van der Waals surface area contributed by atoms with Crippen LogP contribution in [0.4, 0.5) is 0 Å². The molecule has 0 saturated carbocycles. The summed E-state index contributed by atoms with van der Waals surface area (Å²) in [5, 5.41) is 4.22. The fourth-order valence-corrected chi connectivity index (χ4v) is 1.29. The topological polar surface area (TPSA) is 48.2 Å². The Morgan fingerprint density at radius 2 is 2.20 bits per heavy atom. The van der Waals surface area contributed by atoms with Gasteiger partial charge in [-0.2, -0.15) is 4.98 Å². The van der Waals surface area contributed by atoms with E-state index in [1.807, 2.05) is 12.1 Å². The van der Waals surface area contributed by atoms with Gasteiger partial charge in [0.1, 0.15) is 5.75 Å². The molecule has 0 bridgehead atoms. The zero-order valence-corrected chi connectivity index (χ0v) is 8.86. The van der Waals surface area contributed by atoms with Crippen molar-refractivity contribution in [2.24, 2.45) is 0 Å². The lowest BCUT2D eigenvalue weighted by Gasteiger charge is -2.03. The predicted molar refractivity (Wildman–Crippen MR) is 54.8 cm³/mol. The van der Waals surface area contributed by atoms with Crippen molar-refractivity contribution < 1.29 is 9.26 Å². The van der Waals surface area contributed by atoms with Crippen molar-refractivity contribution in [3.8, 4) is 5.75 Å². The molecule has 2 rings (SSSR count). The van der Waals surface area contributed by atoms with E-state index in [1.165, 1.54) is 0 Å². The Hall–Kier alpha value is -1.55. The lowest BCUT2D eigenvalue weighted by atomic mass is 10.3. The minimum absolute atomic E-state index is 0.227. The van der Waals surface area contributed by atoms with Gasteiger partial charge in [0.15, 0.2) is 12.4 Å². The van der Waals surface area contributed by atoms with Crippen LogP contribution in [0.15, 0.2) is 28.8 Å². The number of ether oxygens (including phenoxy) is 1. The van der Waals surface area contributed by atoms with Crippen LogP contribution in [0.1, 0.15) is 11.7 Å². The van der Waals surface area contributed by atoms with Crippen LogP contribution in [0, 0.1) is 6.92 Å². The Labute approximate surface area is 91.8 Å². The largest absolute Gasteiger partial charge is 0.482 e. The molecule has 1 aromatic heterocycles. The smallest absolute Gasteiger partial charge is 0.264 e. The van der Waals surface area contributed by atoms with Gasteiger partial charge in [-0.3, -0.25) is 0 Å². The summed E-state index contributed by atoms with van der Waals surface area (Å²) in [5.41, 5.74) is 0. The van der Waals surface area contributed by atoms with Crippen LogP contribution in [0.5, 0.6) is 5.75 Å². The SMILES string of the molecule is Cc1noc(COc2ccccc2Cl)n1. The molecule has 15 heavy (non-hydrogen) atoms. The summed E-state index contributed by atoms with van der Waals surface area (Å²) in [5.74, 6) is 1.63. The average Bonchev–Trinajstić information content (AvgIpc) is 2.63. The molecule has 0 fully saturated rings. The van der Waals surface area contributed by atoms with E-state index < -0.39 is 0 Å². The summed E-state index contributed by atoms with van der Waals surface area (Å²) in [6.07, 6.45) is 0. The molecule has 0 aliphatic rings. The minimum Gasteiger partial charge on any atom is -0.482 e. The van der Waals surface area contributed by atoms with E-state index in [0.29, 0.717) is 22.5 Å². The fraction of sp³-hybridized carbons (Fsp3) is 0.200. The van der Waals surface area contributed by atoms with Crippen LogP contribution in [0.2, 0.25) is 5.02 Å². The fourth-order valence-electron chi connectivity index (χ4n) is 1.10. The first-order chi connectivity index (χ1) is 7.25. The van der Waals surface area contributed by atoms with E-state index in [1.54, 1.807) is 19.1 Å². The first kappa shape index (κ1) is 9.98. The summed E-state index contributed by atoms with van der Waals surface area (Å²) in [6, 6.07) is 7.23. The standard InChI is InChI=1S/C10H9ClN2O2/c1-7-12-10(15-13-7)6-14-9-5-3-2-4-8(9)11/h2-5H,6H2,1H3. The highest BCUT2D eigenvalue weighted by Crippen LogP contribution is 2.23. The third-order valence-electron chi connectivity index (χ3n) is 1.76. The lowest BCUT2D eigenvalue weighted by Crippen LogP contribution is -1.96. The van der Waals surface area contributed by atoms with Gasteiger partial charge in [0, 0.05) is 0 Å². The molecule has 2 aromatic rings. The van der Waals surface area contributed by atoms with Crippen LogP contribution in [-0.4, -0.2) is 10.1 Å². The predicted octanol–water partition coefficient (Wildman–Crippen LogP) is 2.61. The van der Waals surface area contributed by atoms with E-state index in [4.69, 9.17) is 20.9 Å².